The van der Waals surface area contributed by atoms with Gasteiger partial charge in [0.05, 0.1) is 11.6 Å². The molecule has 0 fully saturated rings. The first-order valence-electron chi connectivity index (χ1n) is 14.6. The van der Waals surface area contributed by atoms with Gasteiger partial charge < -0.3 is 26.2 Å². The molecule has 0 radical (unpaired) electrons. The van der Waals surface area contributed by atoms with Gasteiger partial charge in [0.15, 0.2) is 11.4 Å². The number of benzene rings is 2. The third-order valence-electron chi connectivity index (χ3n) is 9.76. The van der Waals surface area contributed by atoms with Crippen LogP contribution >= 0.6 is 0 Å². The highest BCUT2D eigenvalue weighted by Crippen LogP contribution is 2.53. The molecule has 2 aromatic rings. The van der Waals surface area contributed by atoms with Crippen molar-refractivity contribution in [2.75, 3.05) is 14.1 Å². The molecule has 0 spiro atoms. The zero-order chi connectivity index (χ0) is 31.1. The lowest BCUT2D eigenvalue weighted by Crippen LogP contribution is -2.63. The average molecular weight is 588 g/mol. The van der Waals surface area contributed by atoms with E-state index in [-0.39, 0.29) is 35.6 Å². The molecule has 0 bridgehead atoms. The number of fused-ring (bicyclic) bond motifs is 4. The van der Waals surface area contributed by atoms with Crippen molar-refractivity contribution in [3.8, 4) is 5.75 Å². The van der Waals surface area contributed by atoms with Crippen molar-refractivity contribution >= 4 is 17.5 Å². The Morgan fingerprint density at radius 3 is 2.30 bits per heavy atom. The first-order chi connectivity index (χ1) is 20.3. The van der Waals surface area contributed by atoms with E-state index in [0.29, 0.717) is 30.8 Å². The molecule has 4 aliphatic rings. The van der Waals surface area contributed by atoms with Gasteiger partial charge in [0.2, 0.25) is 5.78 Å². The first kappa shape index (κ1) is 29.1. The number of primary amides is 1. The van der Waals surface area contributed by atoms with Crippen LogP contribution in [0.4, 0.5) is 0 Å². The van der Waals surface area contributed by atoms with E-state index in [1.54, 1.807) is 19.0 Å². The number of carbonyl (C=O) groups is 3. The highest BCUT2D eigenvalue weighted by Gasteiger charge is 2.63. The zero-order valence-electron chi connectivity index (χ0n) is 24.7. The van der Waals surface area contributed by atoms with Crippen LogP contribution in [0, 0.1) is 11.8 Å². The maximum absolute atomic E-state index is 14.3. The first-order valence-corrected chi connectivity index (χ1v) is 14.6. The third kappa shape index (κ3) is 4.15. The highest BCUT2D eigenvalue weighted by atomic mass is 16.3. The maximum atomic E-state index is 14.3. The van der Waals surface area contributed by atoms with Crippen LogP contribution in [0.1, 0.15) is 64.4 Å². The molecule has 2 aromatic carbocycles. The van der Waals surface area contributed by atoms with Crippen molar-refractivity contribution in [1.82, 2.24) is 9.80 Å². The van der Waals surface area contributed by atoms with Crippen molar-refractivity contribution in [3.05, 3.63) is 86.4 Å². The Balaban J connectivity index is 1.47. The number of amides is 1. The molecule has 10 heteroatoms. The average Bonchev–Trinajstić information content (AvgIpc) is 3.34. The smallest absolute Gasteiger partial charge is 0.255 e. The topological polar surface area (TPSA) is 165 Å². The van der Waals surface area contributed by atoms with E-state index in [1.807, 2.05) is 32.0 Å². The molecule has 1 amide bonds. The molecule has 10 nitrogen and oxygen atoms in total. The molecular weight excluding hydrogens is 550 g/mol. The molecule has 6 rings (SSSR count). The Kier molecular flexibility index (Phi) is 6.79. The summed E-state index contributed by atoms with van der Waals surface area (Å²) in [6, 6.07) is 9.09. The summed E-state index contributed by atoms with van der Waals surface area (Å²) < 4.78 is 0. The number of hydrogen-bond acceptors (Lipinski definition) is 9. The lowest BCUT2D eigenvalue weighted by Gasteiger charge is -2.50. The van der Waals surface area contributed by atoms with Crippen LogP contribution in [0.15, 0.2) is 53.0 Å². The van der Waals surface area contributed by atoms with Gasteiger partial charge >= 0.3 is 0 Å². The van der Waals surface area contributed by atoms with Crippen molar-refractivity contribution in [2.24, 2.45) is 17.6 Å². The van der Waals surface area contributed by atoms with Crippen LogP contribution < -0.4 is 5.73 Å². The molecule has 43 heavy (non-hydrogen) atoms. The van der Waals surface area contributed by atoms with Crippen molar-refractivity contribution in [1.29, 1.82) is 0 Å². The zero-order valence-corrected chi connectivity index (χ0v) is 24.7. The Morgan fingerprint density at radius 2 is 1.74 bits per heavy atom. The van der Waals surface area contributed by atoms with Gasteiger partial charge in [-0.1, -0.05) is 44.2 Å². The lowest BCUT2D eigenvalue weighted by molar-refractivity contribution is -0.148. The molecule has 226 valence electrons. The summed E-state index contributed by atoms with van der Waals surface area (Å²) in [5, 5.41) is 46.0. The monoisotopic (exact) mass is 587 g/mol. The number of allylic oxidation sites excluding steroid dienone is 1. The summed E-state index contributed by atoms with van der Waals surface area (Å²) in [6.07, 6.45) is 0.350. The van der Waals surface area contributed by atoms with Crippen LogP contribution in [-0.2, 0) is 35.6 Å². The van der Waals surface area contributed by atoms with E-state index < -0.39 is 58.0 Å². The minimum Gasteiger partial charge on any atom is -0.510 e. The highest BCUT2D eigenvalue weighted by molar-refractivity contribution is 6.24. The maximum Gasteiger partial charge on any atom is 0.255 e. The predicted molar refractivity (Wildman–Crippen MR) is 157 cm³/mol. The van der Waals surface area contributed by atoms with Crippen LogP contribution in [0.5, 0.6) is 5.75 Å². The number of aliphatic hydroxyl groups is 3. The molecular formula is C33H37N3O7. The Hall–Kier alpha value is -3.99. The minimum absolute atomic E-state index is 0.0206. The molecule has 1 aliphatic heterocycles. The second-order valence-electron chi connectivity index (χ2n) is 12.9. The summed E-state index contributed by atoms with van der Waals surface area (Å²) in [6.45, 7) is 5.85. The van der Waals surface area contributed by atoms with Gasteiger partial charge in [0.25, 0.3) is 5.91 Å². The number of rotatable bonds is 5. The molecule has 0 saturated carbocycles. The van der Waals surface area contributed by atoms with Crippen LogP contribution in [0.2, 0.25) is 0 Å². The van der Waals surface area contributed by atoms with E-state index in [2.05, 4.69) is 17.0 Å². The summed E-state index contributed by atoms with van der Waals surface area (Å²) in [7, 11) is 3.23. The summed E-state index contributed by atoms with van der Waals surface area (Å²) >= 11 is 0. The molecule has 0 aromatic heterocycles. The summed E-state index contributed by atoms with van der Waals surface area (Å²) in [5.74, 6) is -6.37. The molecule has 3 aliphatic carbocycles. The second-order valence-corrected chi connectivity index (χ2v) is 12.9. The molecule has 6 N–H and O–H groups in total. The number of aliphatic hydroxyl groups excluding tert-OH is 2. The standard InChI is InChI=1S/C33H37N3O7/c1-15(2)20-10-19(14-36-12-16-7-5-6-8-17(16)13-36)27(37)24-21(20)9-18-11-22-26(35(3)4)29(39)25(32(34)42)31(41)33(22,43)30(40)23(18)28(24)38/h5-8,10,15,18,22,26,37,39-40,43H,9,11-14H2,1-4H3,(H2,34,42)/t18-,22-,26-,33-/m0/s1. The van der Waals surface area contributed by atoms with E-state index in [9.17, 15) is 34.8 Å². The van der Waals surface area contributed by atoms with Gasteiger partial charge in [-0.25, -0.2) is 0 Å². The number of nitrogens with zero attached hydrogens (tertiary/aromatic N) is 2. The summed E-state index contributed by atoms with van der Waals surface area (Å²) in [5.41, 5.74) is 6.49. The van der Waals surface area contributed by atoms with Crippen molar-refractivity contribution in [2.45, 2.75) is 63.9 Å². The molecule has 0 unspecified atom stereocenters. The van der Waals surface area contributed by atoms with Gasteiger partial charge in [-0.15, -0.1) is 0 Å². The number of carbonyl (C=O) groups excluding carboxylic acids is 3. The third-order valence-corrected chi connectivity index (χ3v) is 9.76. The fourth-order valence-electron chi connectivity index (χ4n) is 7.80. The predicted octanol–water partition coefficient (Wildman–Crippen LogP) is 2.76. The van der Waals surface area contributed by atoms with Gasteiger partial charge in [-0.2, -0.15) is 0 Å². The van der Waals surface area contributed by atoms with E-state index in [0.717, 1.165) is 5.56 Å². The quantitative estimate of drug-likeness (QED) is 0.331. The Bertz CT molecular complexity index is 1630. The van der Waals surface area contributed by atoms with Gasteiger partial charge in [-0.3, -0.25) is 24.2 Å². The van der Waals surface area contributed by atoms with Crippen LogP contribution in [-0.4, -0.2) is 73.4 Å². The van der Waals surface area contributed by atoms with E-state index in [1.165, 1.54) is 11.1 Å². The Labute approximate surface area is 249 Å². The van der Waals surface area contributed by atoms with Gasteiger partial charge in [0, 0.05) is 36.7 Å². The number of hydrogen-bond donors (Lipinski definition) is 5. The van der Waals surface area contributed by atoms with Crippen LogP contribution in [0.3, 0.4) is 0 Å². The normalized spacial score (nSPS) is 27.0. The fourth-order valence-corrected chi connectivity index (χ4v) is 7.80. The largest absolute Gasteiger partial charge is 0.510 e. The second kappa shape index (κ2) is 10.0. The number of aromatic hydroxyl groups is 1. The lowest BCUT2D eigenvalue weighted by atomic mass is 9.58. The number of phenols is 1. The SMILES string of the molecule is CC(C)c1cc(CN2Cc3ccccc3C2)c(O)c2c1C[C@H]1C[C@H]3[C@H](N(C)C)C(O)=C(C(N)=O)C(=O)[C@@]3(O)C(O)=C1C2=O. The summed E-state index contributed by atoms with van der Waals surface area (Å²) in [4.78, 5) is 43.8. The number of nitrogens with two attached hydrogens (primary N) is 1. The molecule has 4 atom stereocenters. The number of ketones is 2. The molecule has 1 heterocycles. The molecule has 0 saturated heterocycles. The number of Topliss-reactive ketones (excluding diaryl/α,β-unsaturated/α-hetero) is 2. The number of likely N-dealkylation sites (N-methyl/N-ethyl adjacent to an activating group) is 1. The van der Waals surface area contributed by atoms with Gasteiger partial charge in [0.1, 0.15) is 22.8 Å². The fraction of sp³-hybridized carbons (Fsp3) is 0.424. The van der Waals surface area contributed by atoms with E-state index >= 15 is 0 Å². The van der Waals surface area contributed by atoms with Gasteiger partial charge in [-0.05, 0) is 61.0 Å². The van der Waals surface area contributed by atoms with Crippen LogP contribution in [0.25, 0.3) is 0 Å². The van der Waals surface area contributed by atoms with E-state index in [4.69, 9.17) is 5.73 Å². The van der Waals surface area contributed by atoms with Crippen molar-refractivity contribution < 1.29 is 34.8 Å². The van der Waals surface area contributed by atoms with Crippen molar-refractivity contribution in [3.63, 3.8) is 0 Å². The Morgan fingerprint density at radius 1 is 1.12 bits per heavy atom. The number of phenolic OH excluding ortho intramolecular Hbond substituents is 1. The minimum atomic E-state index is -2.65.